The fraction of sp³-hybridized carbons (Fsp3) is 0.235. The number of ether oxygens (including phenoxy) is 1. The van der Waals surface area contributed by atoms with E-state index >= 15 is 0 Å². The fourth-order valence-electron chi connectivity index (χ4n) is 2.82. The SMILES string of the molecule is COC(=O)c1ccc2c(c1)N(Cc1cc(F)cc(F)c1)S(=O)(=O)N(C)C2. The summed E-state index contributed by atoms with van der Waals surface area (Å²) in [5.41, 5.74) is 1.26. The molecule has 1 aliphatic heterocycles. The normalized spacial score (nSPS) is 16.2. The zero-order chi connectivity index (χ0) is 19.1. The highest BCUT2D eigenvalue weighted by Gasteiger charge is 2.35. The summed E-state index contributed by atoms with van der Waals surface area (Å²) in [6.07, 6.45) is 0. The minimum atomic E-state index is -3.92. The largest absolute Gasteiger partial charge is 0.465 e. The second kappa shape index (κ2) is 6.65. The van der Waals surface area contributed by atoms with Crippen LogP contribution in [0.3, 0.4) is 0 Å². The first-order valence-electron chi connectivity index (χ1n) is 7.62. The maximum Gasteiger partial charge on any atom is 0.337 e. The zero-order valence-corrected chi connectivity index (χ0v) is 14.9. The van der Waals surface area contributed by atoms with Crippen LogP contribution in [0.4, 0.5) is 14.5 Å². The number of carbonyl (C=O) groups is 1. The van der Waals surface area contributed by atoms with E-state index in [9.17, 15) is 22.0 Å². The molecule has 6 nitrogen and oxygen atoms in total. The van der Waals surface area contributed by atoms with Gasteiger partial charge in [-0.25, -0.2) is 13.6 Å². The summed E-state index contributed by atoms with van der Waals surface area (Å²) in [5.74, 6) is -2.21. The summed E-state index contributed by atoms with van der Waals surface area (Å²) >= 11 is 0. The third-order valence-electron chi connectivity index (χ3n) is 4.09. The van der Waals surface area contributed by atoms with Crippen molar-refractivity contribution in [3.05, 3.63) is 64.7 Å². The highest BCUT2D eigenvalue weighted by Crippen LogP contribution is 2.34. The number of hydrogen-bond donors (Lipinski definition) is 0. The molecule has 0 bridgehead atoms. The number of esters is 1. The molecular weight excluding hydrogens is 366 g/mol. The number of carbonyl (C=O) groups excluding carboxylic acids is 1. The van der Waals surface area contributed by atoms with Gasteiger partial charge in [-0.1, -0.05) is 6.07 Å². The van der Waals surface area contributed by atoms with Crippen LogP contribution in [0.15, 0.2) is 36.4 Å². The Balaban J connectivity index is 2.11. The number of nitrogens with zero attached hydrogens (tertiary/aromatic N) is 2. The molecule has 0 saturated heterocycles. The summed E-state index contributed by atoms with van der Waals surface area (Å²) in [6.45, 7) is -0.161. The lowest BCUT2D eigenvalue weighted by Crippen LogP contribution is -2.45. The third-order valence-corrected chi connectivity index (χ3v) is 5.89. The Kier molecular flexibility index (Phi) is 4.68. The monoisotopic (exact) mass is 382 g/mol. The topological polar surface area (TPSA) is 66.9 Å². The van der Waals surface area contributed by atoms with E-state index in [1.807, 2.05) is 0 Å². The van der Waals surface area contributed by atoms with E-state index in [4.69, 9.17) is 0 Å². The summed E-state index contributed by atoms with van der Waals surface area (Å²) in [7, 11) is -1.29. The van der Waals surface area contributed by atoms with Crippen LogP contribution in [0.1, 0.15) is 21.5 Å². The number of hydrogen-bond acceptors (Lipinski definition) is 4. The van der Waals surface area contributed by atoms with Crippen LogP contribution in [0.25, 0.3) is 0 Å². The molecule has 0 fully saturated rings. The Morgan fingerprint density at radius 2 is 1.81 bits per heavy atom. The molecule has 0 N–H and O–H groups in total. The number of halogens is 2. The predicted octanol–water partition coefficient (Wildman–Crippen LogP) is 2.45. The van der Waals surface area contributed by atoms with Gasteiger partial charge in [0, 0.05) is 19.7 Å². The Labute approximate surface area is 149 Å². The van der Waals surface area contributed by atoms with Crippen molar-refractivity contribution in [3.8, 4) is 0 Å². The van der Waals surface area contributed by atoms with Gasteiger partial charge in [-0.15, -0.1) is 0 Å². The van der Waals surface area contributed by atoms with Gasteiger partial charge in [0.15, 0.2) is 0 Å². The van der Waals surface area contributed by atoms with Gasteiger partial charge in [0.05, 0.1) is 24.9 Å². The van der Waals surface area contributed by atoms with Crippen molar-refractivity contribution in [2.45, 2.75) is 13.1 Å². The molecule has 26 heavy (non-hydrogen) atoms. The van der Waals surface area contributed by atoms with Crippen LogP contribution in [-0.4, -0.2) is 32.8 Å². The Hall–Kier alpha value is -2.52. The van der Waals surface area contributed by atoms with Gasteiger partial charge in [0.2, 0.25) is 0 Å². The molecular formula is C17H16F2N2O4S. The van der Waals surface area contributed by atoms with Crippen molar-refractivity contribution >= 4 is 21.9 Å². The third kappa shape index (κ3) is 3.27. The van der Waals surface area contributed by atoms with E-state index in [2.05, 4.69) is 4.74 Å². The van der Waals surface area contributed by atoms with E-state index < -0.39 is 27.8 Å². The molecule has 3 rings (SSSR count). The average molecular weight is 382 g/mol. The maximum absolute atomic E-state index is 13.5. The molecule has 0 saturated carbocycles. The number of methoxy groups -OCH3 is 1. The first kappa shape index (κ1) is 18.3. The molecule has 0 aromatic heterocycles. The quantitative estimate of drug-likeness (QED) is 0.765. The molecule has 1 heterocycles. The summed E-state index contributed by atoms with van der Waals surface area (Å²) < 4.78 is 59.3. The van der Waals surface area contributed by atoms with Crippen molar-refractivity contribution in [2.24, 2.45) is 0 Å². The average Bonchev–Trinajstić information content (AvgIpc) is 2.57. The Bertz CT molecular complexity index is 958. The second-order valence-corrected chi connectivity index (χ2v) is 7.84. The van der Waals surface area contributed by atoms with E-state index in [1.54, 1.807) is 6.07 Å². The smallest absolute Gasteiger partial charge is 0.337 e. The number of fused-ring (bicyclic) bond motifs is 1. The maximum atomic E-state index is 13.5. The molecule has 2 aromatic rings. The van der Waals surface area contributed by atoms with Crippen molar-refractivity contribution < 1.29 is 26.7 Å². The number of anilines is 1. The molecule has 0 spiro atoms. The highest BCUT2D eigenvalue weighted by molar-refractivity contribution is 7.90. The van der Waals surface area contributed by atoms with Crippen molar-refractivity contribution in [3.63, 3.8) is 0 Å². The highest BCUT2D eigenvalue weighted by atomic mass is 32.2. The summed E-state index contributed by atoms with van der Waals surface area (Å²) in [6, 6.07) is 7.42. The van der Waals surface area contributed by atoms with Gasteiger partial charge in [0.1, 0.15) is 11.6 Å². The van der Waals surface area contributed by atoms with Crippen LogP contribution < -0.4 is 4.31 Å². The first-order valence-corrected chi connectivity index (χ1v) is 9.02. The van der Waals surface area contributed by atoms with E-state index in [1.165, 1.54) is 26.3 Å². The van der Waals surface area contributed by atoms with Crippen molar-refractivity contribution in [2.75, 3.05) is 18.5 Å². The van der Waals surface area contributed by atoms with Crippen LogP contribution in [0, 0.1) is 11.6 Å². The van der Waals surface area contributed by atoms with Crippen LogP contribution in [-0.2, 0) is 28.0 Å². The van der Waals surface area contributed by atoms with Crippen LogP contribution in [0.2, 0.25) is 0 Å². The van der Waals surface area contributed by atoms with Gasteiger partial charge < -0.3 is 4.74 Å². The van der Waals surface area contributed by atoms with Gasteiger partial charge in [0.25, 0.3) is 0 Å². The lowest BCUT2D eigenvalue weighted by atomic mass is 10.1. The molecule has 9 heteroatoms. The zero-order valence-electron chi connectivity index (χ0n) is 14.1. The molecule has 0 amide bonds. The Morgan fingerprint density at radius 1 is 1.15 bits per heavy atom. The molecule has 0 atom stereocenters. The van der Waals surface area contributed by atoms with Crippen molar-refractivity contribution in [1.29, 1.82) is 0 Å². The van der Waals surface area contributed by atoms with E-state index in [0.717, 1.165) is 20.7 Å². The minimum Gasteiger partial charge on any atom is -0.465 e. The van der Waals surface area contributed by atoms with E-state index in [0.29, 0.717) is 11.6 Å². The molecule has 0 radical (unpaired) electrons. The standard InChI is InChI=1S/C17H16F2N2O4S/c1-20-10-13-4-3-12(17(22)25-2)7-16(13)21(26(20,23)24)9-11-5-14(18)8-15(19)6-11/h3-8H,9-10H2,1-2H3. The van der Waals surface area contributed by atoms with Crippen LogP contribution >= 0.6 is 0 Å². The number of benzene rings is 2. The minimum absolute atomic E-state index is 0.118. The fourth-order valence-corrected chi connectivity index (χ4v) is 4.19. The van der Waals surface area contributed by atoms with Gasteiger partial charge >= 0.3 is 16.2 Å². The molecule has 2 aromatic carbocycles. The van der Waals surface area contributed by atoms with Gasteiger partial charge in [-0.3, -0.25) is 4.31 Å². The first-order chi connectivity index (χ1) is 12.2. The molecule has 0 aliphatic carbocycles. The van der Waals surface area contributed by atoms with Crippen LogP contribution in [0.5, 0.6) is 0 Å². The number of rotatable bonds is 3. The Morgan fingerprint density at radius 3 is 2.42 bits per heavy atom. The predicted molar refractivity (Wildman–Crippen MR) is 90.7 cm³/mol. The second-order valence-electron chi connectivity index (χ2n) is 5.88. The summed E-state index contributed by atoms with van der Waals surface area (Å²) in [5, 5.41) is 0. The molecule has 0 unspecified atom stereocenters. The lowest BCUT2D eigenvalue weighted by Gasteiger charge is -2.35. The summed E-state index contributed by atoms with van der Waals surface area (Å²) in [4.78, 5) is 11.8. The van der Waals surface area contributed by atoms with Gasteiger partial charge in [-0.2, -0.15) is 12.7 Å². The van der Waals surface area contributed by atoms with Gasteiger partial charge in [-0.05, 0) is 35.4 Å². The molecule has 1 aliphatic rings. The lowest BCUT2D eigenvalue weighted by molar-refractivity contribution is 0.0600. The van der Waals surface area contributed by atoms with Crippen molar-refractivity contribution in [1.82, 2.24) is 4.31 Å². The van der Waals surface area contributed by atoms with E-state index in [-0.39, 0.29) is 29.9 Å². The molecule has 138 valence electrons.